The van der Waals surface area contributed by atoms with Crippen LogP contribution in [0.15, 0.2) is 22.1 Å². The average Bonchev–Trinajstić information content (AvgIpc) is 2.83. The van der Waals surface area contributed by atoms with Gasteiger partial charge in [-0.3, -0.25) is 0 Å². The summed E-state index contributed by atoms with van der Waals surface area (Å²) in [6, 6.07) is 4.19. The first kappa shape index (κ1) is 10.9. The molecule has 3 heterocycles. The van der Waals surface area contributed by atoms with Gasteiger partial charge in [0.25, 0.3) is 0 Å². The lowest BCUT2D eigenvalue weighted by Gasteiger charge is -1.88. The van der Waals surface area contributed by atoms with Crippen molar-refractivity contribution in [3.05, 3.63) is 33.2 Å². The molecule has 0 aliphatic rings. The predicted octanol–water partition coefficient (Wildman–Crippen LogP) is 4.07. The Morgan fingerprint density at radius 1 is 1.29 bits per heavy atom. The quantitative estimate of drug-likeness (QED) is 0.736. The molecule has 0 aromatic carbocycles. The van der Waals surface area contributed by atoms with Crippen molar-refractivity contribution in [2.45, 2.75) is 13.8 Å². The second kappa shape index (κ2) is 3.92. The number of H-pyrrole nitrogens is 1. The van der Waals surface area contributed by atoms with Gasteiger partial charge in [0, 0.05) is 6.20 Å². The molecule has 0 aliphatic carbocycles. The third-order valence-electron chi connectivity index (χ3n) is 2.56. The van der Waals surface area contributed by atoms with Gasteiger partial charge < -0.3 is 4.98 Å². The fourth-order valence-electron chi connectivity index (χ4n) is 1.70. The molecule has 0 aliphatic heterocycles. The van der Waals surface area contributed by atoms with E-state index in [0.717, 1.165) is 31.2 Å². The van der Waals surface area contributed by atoms with E-state index in [-0.39, 0.29) is 0 Å². The first-order valence-corrected chi connectivity index (χ1v) is 6.83. The number of aromatic amines is 1. The number of imidazole rings is 1. The zero-order valence-corrected chi connectivity index (χ0v) is 11.8. The van der Waals surface area contributed by atoms with E-state index in [4.69, 9.17) is 0 Å². The molecule has 0 unspecified atom stereocenters. The van der Waals surface area contributed by atoms with Gasteiger partial charge in [-0.1, -0.05) is 0 Å². The molecule has 0 fully saturated rings. The number of thiophene rings is 1. The van der Waals surface area contributed by atoms with Gasteiger partial charge >= 0.3 is 0 Å². The molecule has 0 amide bonds. The van der Waals surface area contributed by atoms with E-state index in [2.05, 4.69) is 49.9 Å². The van der Waals surface area contributed by atoms with Crippen LogP contribution in [0.4, 0.5) is 0 Å². The van der Waals surface area contributed by atoms with Crippen molar-refractivity contribution >= 4 is 38.4 Å². The highest BCUT2D eigenvalue weighted by Crippen LogP contribution is 2.33. The lowest BCUT2D eigenvalue weighted by Crippen LogP contribution is -1.77. The summed E-state index contributed by atoms with van der Waals surface area (Å²) in [5, 5.41) is 0. The molecule has 0 spiro atoms. The van der Waals surface area contributed by atoms with Crippen molar-refractivity contribution in [3.63, 3.8) is 0 Å². The molecule has 86 valence electrons. The minimum Gasteiger partial charge on any atom is -0.336 e. The summed E-state index contributed by atoms with van der Waals surface area (Å²) in [6.45, 7) is 4.11. The van der Waals surface area contributed by atoms with Crippen LogP contribution in [0.1, 0.15) is 11.1 Å². The zero-order valence-electron chi connectivity index (χ0n) is 9.41. The Hall–Kier alpha value is -1.20. The molecule has 3 rings (SSSR count). The van der Waals surface area contributed by atoms with Crippen molar-refractivity contribution in [1.29, 1.82) is 0 Å². The van der Waals surface area contributed by atoms with Crippen molar-refractivity contribution in [1.82, 2.24) is 15.0 Å². The maximum atomic E-state index is 4.50. The van der Waals surface area contributed by atoms with E-state index in [9.17, 15) is 0 Å². The summed E-state index contributed by atoms with van der Waals surface area (Å²) >= 11 is 5.21. The maximum Gasteiger partial charge on any atom is 0.178 e. The summed E-state index contributed by atoms with van der Waals surface area (Å²) < 4.78 is 1.15. The molecule has 0 saturated carbocycles. The third-order valence-corrected chi connectivity index (χ3v) is 4.71. The smallest absolute Gasteiger partial charge is 0.178 e. The number of aryl methyl sites for hydroxylation is 2. The van der Waals surface area contributed by atoms with Crippen molar-refractivity contribution < 1.29 is 0 Å². The fourth-order valence-corrected chi connectivity index (χ4v) is 3.18. The maximum absolute atomic E-state index is 4.50. The zero-order chi connectivity index (χ0) is 12.0. The lowest BCUT2D eigenvalue weighted by molar-refractivity contribution is 1.29. The molecule has 0 saturated heterocycles. The van der Waals surface area contributed by atoms with Gasteiger partial charge in [0.15, 0.2) is 11.5 Å². The highest BCUT2D eigenvalue weighted by molar-refractivity contribution is 9.11. The molecular weight excluding hydrogens is 298 g/mol. The summed E-state index contributed by atoms with van der Waals surface area (Å²) in [5.41, 5.74) is 4.13. The minimum absolute atomic E-state index is 0.771. The standard InChI is InChI=1S/C12H10BrN3S/c1-6-3-8-11(14-5-6)16-12(15-8)9-4-7(2)10(13)17-9/h3-5H,1-2H3,(H,14,15,16). The average molecular weight is 308 g/mol. The van der Waals surface area contributed by atoms with Gasteiger partial charge in [0.1, 0.15) is 0 Å². The molecule has 5 heteroatoms. The van der Waals surface area contributed by atoms with Crippen LogP contribution >= 0.6 is 27.3 Å². The van der Waals surface area contributed by atoms with Gasteiger partial charge in [-0.2, -0.15) is 0 Å². The summed E-state index contributed by atoms with van der Waals surface area (Å²) in [7, 11) is 0. The Balaban J connectivity index is 2.17. The van der Waals surface area contributed by atoms with Gasteiger partial charge in [0.05, 0.1) is 14.2 Å². The Kier molecular flexibility index (Phi) is 2.52. The number of rotatable bonds is 1. The van der Waals surface area contributed by atoms with Crippen LogP contribution in [-0.2, 0) is 0 Å². The van der Waals surface area contributed by atoms with Crippen LogP contribution in [0.5, 0.6) is 0 Å². The van der Waals surface area contributed by atoms with Gasteiger partial charge in [-0.25, -0.2) is 9.97 Å². The molecular formula is C12H10BrN3S. The number of nitrogens with one attached hydrogen (secondary N) is 1. The summed E-state index contributed by atoms with van der Waals surface area (Å²) in [4.78, 5) is 13.2. The first-order chi connectivity index (χ1) is 8.13. The summed E-state index contributed by atoms with van der Waals surface area (Å²) in [5.74, 6) is 0.886. The fraction of sp³-hybridized carbons (Fsp3) is 0.167. The molecule has 3 aromatic rings. The van der Waals surface area contributed by atoms with E-state index in [1.807, 2.05) is 13.1 Å². The van der Waals surface area contributed by atoms with Crippen molar-refractivity contribution in [2.75, 3.05) is 0 Å². The van der Waals surface area contributed by atoms with E-state index in [1.165, 1.54) is 5.56 Å². The second-order valence-corrected chi connectivity index (χ2v) is 6.41. The number of aromatic nitrogens is 3. The highest BCUT2D eigenvalue weighted by atomic mass is 79.9. The second-order valence-electron chi connectivity index (χ2n) is 4.04. The first-order valence-electron chi connectivity index (χ1n) is 5.22. The van der Waals surface area contributed by atoms with E-state index in [1.54, 1.807) is 11.3 Å². The highest BCUT2D eigenvalue weighted by Gasteiger charge is 2.10. The molecule has 1 N–H and O–H groups in total. The van der Waals surface area contributed by atoms with E-state index >= 15 is 0 Å². The molecule has 17 heavy (non-hydrogen) atoms. The summed E-state index contributed by atoms with van der Waals surface area (Å²) in [6.07, 6.45) is 1.84. The van der Waals surface area contributed by atoms with E-state index < -0.39 is 0 Å². The van der Waals surface area contributed by atoms with Crippen LogP contribution in [0, 0.1) is 13.8 Å². The number of fused-ring (bicyclic) bond motifs is 1. The number of hydrogen-bond acceptors (Lipinski definition) is 3. The number of pyridine rings is 1. The van der Waals surface area contributed by atoms with Crippen LogP contribution in [0.2, 0.25) is 0 Å². The Morgan fingerprint density at radius 2 is 2.12 bits per heavy atom. The SMILES string of the molecule is Cc1cnc2nc(-c3cc(C)c(Br)s3)[nH]c2c1. The normalized spacial score (nSPS) is 11.2. The Labute approximate surface area is 111 Å². The monoisotopic (exact) mass is 307 g/mol. The lowest BCUT2D eigenvalue weighted by atomic mass is 10.3. The predicted molar refractivity (Wildman–Crippen MR) is 74.4 cm³/mol. The van der Waals surface area contributed by atoms with E-state index in [0.29, 0.717) is 0 Å². The van der Waals surface area contributed by atoms with Gasteiger partial charge in [-0.05, 0) is 53.0 Å². The number of halogens is 1. The third kappa shape index (κ3) is 1.89. The Morgan fingerprint density at radius 3 is 2.82 bits per heavy atom. The van der Waals surface area contributed by atoms with Crippen molar-refractivity contribution in [2.24, 2.45) is 0 Å². The molecule has 0 radical (unpaired) electrons. The van der Waals surface area contributed by atoms with Crippen LogP contribution in [0.3, 0.4) is 0 Å². The van der Waals surface area contributed by atoms with Gasteiger partial charge in [0.2, 0.25) is 0 Å². The molecule has 3 aromatic heterocycles. The molecule has 0 atom stereocenters. The number of hydrogen-bond donors (Lipinski definition) is 1. The number of nitrogens with zero attached hydrogens (tertiary/aromatic N) is 2. The minimum atomic E-state index is 0.771. The molecule has 3 nitrogen and oxygen atoms in total. The van der Waals surface area contributed by atoms with Gasteiger partial charge in [-0.15, -0.1) is 11.3 Å². The Bertz CT molecular complexity index is 679. The molecule has 0 bridgehead atoms. The van der Waals surface area contributed by atoms with Crippen LogP contribution in [0.25, 0.3) is 21.9 Å². The largest absolute Gasteiger partial charge is 0.336 e. The van der Waals surface area contributed by atoms with Crippen LogP contribution in [-0.4, -0.2) is 15.0 Å². The van der Waals surface area contributed by atoms with Crippen LogP contribution < -0.4 is 0 Å². The van der Waals surface area contributed by atoms with Crippen molar-refractivity contribution in [3.8, 4) is 10.7 Å². The topological polar surface area (TPSA) is 41.6 Å².